The standard InChI is InChI=1S/C14H13O/c1-14(15,12-8-4-2-5-9-12)13-10-6-3-7-11-13/h2-11,15H,1H2. The van der Waals surface area contributed by atoms with E-state index in [9.17, 15) is 5.11 Å². The molecule has 1 heteroatoms. The molecule has 0 heterocycles. The van der Waals surface area contributed by atoms with E-state index < -0.39 is 5.60 Å². The third-order valence-corrected chi connectivity index (χ3v) is 2.50. The number of benzene rings is 2. The Morgan fingerprint density at radius 2 is 1.07 bits per heavy atom. The van der Waals surface area contributed by atoms with Gasteiger partial charge in [-0.3, -0.25) is 0 Å². The second kappa shape index (κ2) is 3.87. The Morgan fingerprint density at radius 3 is 1.40 bits per heavy atom. The molecule has 0 saturated carbocycles. The van der Waals surface area contributed by atoms with E-state index in [2.05, 4.69) is 6.92 Å². The highest BCUT2D eigenvalue weighted by Gasteiger charge is 2.24. The predicted octanol–water partition coefficient (Wildman–Crippen LogP) is 2.76. The lowest BCUT2D eigenvalue weighted by Crippen LogP contribution is -2.22. The fourth-order valence-electron chi connectivity index (χ4n) is 1.59. The molecule has 0 atom stereocenters. The molecule has 0 aliphatic carbocycles. The molecule has 15 heavy (non-hydrogen) atoms. The van der Waals surface area contributed by atoms with Gasteiger partial charge in [-0.15, -0.1) is 0 Å². The second-order valence-corrected chi connectivity index (χ2v) is 3.59. The largest absolute Gasteiger partial charge is 0.380 e. The van der Waals surface area contributed by atoms with Crippen molar-refractivity contribution in [3.8, 4) is 0 Å². The average Bonchev–Trinajstić information content (AvgIpc) is 2.31. The third kappa shape index (κ3) is 1.92. The van der Waals surface area contributed by atoms with Gasteiger partial charge in [-0.25, -0.2) is 0 Å². The summed E-state index contributed by atoms with van der Waals surface area (Å²) in [7, 11) is 0. The van der Waals surface area contributed by atoms with Crippen molar-refractivity contribution in [1.82, 2.24) is 0 Å². The molecule has 2 aromatic carbocycles. The first-order chi connectivity index (χ1) is 7.21. The van der Waals surface area contributed by atoms with E-state index in [1.54, 1.807) is 0 Å². The lowest BCUT2D eigenvalue weighted by molar-refractivity contribution is 0.131. The molecule has 0 aromatic heterocycles. The molecule has 75 valence electrons. The minimum Gasteiger partial charge on any atom is -0.380 e. The molecule has 1 radical (unpaired) electrons. The summed E-state index contributed by atoms with van der Waals surface area (Å²) < 4.78 is 0. The van der Waals surface area contributed by atoms with Crippen molar-refractivity contribution >= 4 is 0 Å². The number of hydrogen-bond acceptors (Lipinski definition) is 1. The molecule has 1 nitrogen and oxygen atoms in total. The van der Waals surface area contributed by atoms with Crippen LogP contribution in [0.4, 0.5) is 0 Å². The summed E-state index contributed by atoms with van der Waals surface area (Å²) in [5.74, 6) is 0. The van der Waals surface area contributed by atoms with Crippen molar-refractivity contribution in [1.29, 1.82) is 0 Å². The van der Waals surface area contributed by atoms with Gasteiger partial charge in [0.1, 0.15) is 5.60 Å². The highest BCUT2D eigenvalue weighted by atomic mass is 16.3. The maximum absolute atomic E-state index is 10.3. The zero-order chi connectivity index (χ0) is 10.7. The maximum Gasteiger partial charge on any atom is 0.115 e. The number of rotatable bonds is 2. The van der Waals surface area contributed by atoms with Crippen LogP contribution in [-0.4, -0.2) is 5.11 Å². The SMILES string of the molecule is [CH2]C(O)(c1ccccc1)c1ccccc1. The first-order valence-electron chi connectivity index (χ1n) is 4.90. The summed E-state index contributed by atoms with van der Waals surface area (Å²) in [6.45, 7) is 3.87. The van der Waals surface area contributed by atoms with E-state index in [-0.39, 0.29) is 0 Å². The topological polar surface area (TPSA) is 20.2 Å². The molecule has 0 fully saturated rings. The molecular weight excluding hydrogens is 184 g/mol. The van der Waals surface area contributed by atoms with Crippen LogP contribution in [0, 0.1) is 6.92 Å². The van der Waals surface area contributed by atoms with Crippen molar-refractivity contribution in [3.63, 3.8) is 0 Å². The Hall–Kier alpha value is -1.60. The maximum atomic E-state index is 10.3. The monoisotopic (exact) mass is 197 g/mol. The van der Waals surface area contributed by atoms with Gasteiger partial charge in [-0.2, -0.15) is 0 Å². The van der Waals surface area contributed by atoms with Crippen LogP contribution in [0.2, 0.25) is 0 Å². The van der Waals surface area contributed by atoms with E-state index in [4.69, 9.17) is 0 Å². The lowest BCUT2D eigenvalue weighted by atomic mass is 9.88. The highest BCUT2D eigenvalue weighted by Crippen LogP contribution is 2.27. The Bertz CT molecular complexity index is 376. The van der Waals surface area contributed by atoms with Gasteiger partial charge >= 0.3 is 0 Å². The van der Waals surface area contributed by atoms with Crippen LogP contribution in [0.1, 0.15) is 11.1 Å². The van der Waals surface area contributed by atoms with Gasteiger partial charge < -0.3 is 5.11 Å². The first kappa shape index (κ1) is 9.94. The van der Waals surface area contributed by atoms with Crippen LogP contribution in [0.3, 0.4) is 0 Å². The van der Waals surface area contributed by atoms with Gasteiger partial charge in [0, 0.05) is 0 Å². The van der Waals surface area contributed by atoms with Gasteiger partial charge in [0.15, 0.2) is 0 Å². The van der Waals surface area contributed by atoms with Crippen LogP contribution in [-0.2, 0) is 5.60 Å². The average molecular weight is 197 g/mol. The fourth-order valence-corrected chi connectivity index (χ4v) is 1.59. The van der Waals surface area contributed by atoms with Gasteiger partial charge in [-0.05, 0) is 18.1 Å². The normalized spacial score (nSPS) is 11.3. The predicted molar refractivity (Wildman–Crippen MR) is 61.2 cm³/mol. The Kier molecular flexibility index (Phi) is 2.57. The summed E-state index contributed by atoms with van der Waals surface area (Å²) in [5.41, 5.74) is 0.440. The highest BCUT2D eigenvalue weighted by molar-refractivity contribution is 5.36. The Labute approximate surface area is 90.0 Å². The fraction of sp³-hybridized carbons (Fsp3) is 0.0714. The van der Waals surface area contributed by atoms with E-state index in [1.165, 1.54) is 0 Å². The second-order valence-electron chi connectivity index (χ2n) is 3.59. The van der Waals surface area contributed by atoms with Crippen molar-refractivity contribution in [2.75, 3.05) is 0 Å². The summed E-state index contributed by atoms with van der Waals surface area (Å²) in [6, 6.07) is 18.9. The van der Waals surface area contributed by atoms with Gasteiger partial charge in [-0.1, -0.05) is 60.7 Å². The van der Waals surface area contributed by atoms with E-state index in [0.717, 1.165) is 11.1 Å². The van der Waals surface area contributed by atoms with Crippen molar-refractivity contribution in [2.24, 2.45) is 0 Å². The number of aliphatic hydroxyl groups is 1. The molecule has 2 rings (SSSR count). The molecule has 2 aromatic rings. The lowest BCUT2D eigenvalue weighted by Gasteiger charge is -2.24. The molecule has 0 amide bonds. The van der Waals surface area contributed by atoms with E-state index in [1.807, 2.05) is 60.7 Å². The summed E-state index contributed by atoms with van der Waals surface area (Å²) in [4.78, 5) is 0. The quantitative estimate of drug-likeness (QED) is 0.784. The smallest absolute Gasteiger partial charge is 0.115 e. The molecule has 0 spiro atoms. The van der Waals surface area contributed by atoms with E-state index in [0.29, 0.717) is 0 Å². The molecule has 0 bridgehead atoms. The zero-order valence-electron chi connectivity index (χ0n) is 8.43. The van der Waals surface area contributed by atoms with Gasteiger partial charge in [0.05, 0.1) is 0 Å². The first-order valence-corrected chi connectivity index (χ1v) is 4.90. The summed E-state index contributed by atoms with van der Waals surface area (Å²) >= 11 is 0. The number of hydrogen-bond donors (Lipinski definition) is 1. The summed E-state index contributed by atoms with van der Waals surface area (Å²) in [6.07, 6.45) is 0. The zero-order valence-corrected chi connectivity index (χ0v) is 8.43. The molecule has 1 N–H and O–H groups in total. The van der Waals surface area contributed by atoms with Crippen molar-refractivity contribution in [3.05, 3.63) is 78.7 Å². The molecular formula is C14H13O. The Balaban J connectivity index is 2.44. The molecule has 0 aliphatic heterocycles. The van der Waals surface area contributed by atoms with Crippen LogP contribution in [0.5, 0.6) is 0 Å². The molecule has 0 aliphatic rings. The van der Waals surface area contributed by atoms with Gasteiger partial charge in [0.2, 0.25) is 0 Å². The van der Waals surface area contributed by atoms with Gasteiger partial charge in [0.25, 0.3) is 0 Å². The molecule has 0 saturated heterocycles. The Morgan fingerprint density at radius 1 is 0.733 bits per heavy atom. The van der Waals surface area contributed by atoms with Crippen LogP contribution in [0.15, 0.2) is 60.7 Å². The van der Waals surface area contributed by atoms with Crippen LogP contribution >= 0.6 is 0 Å². The van der Waals surface area contributed by atoms with Crippen LogP contribution < -0.4 is 0 Å². The minimum absolute atomic E-state index is 0.802. The third-order valence-electron chi connectivity index (χ3n) is 2.50. The van der Waals surface area contributed by atoms with Crippen molar-refractivity contribution < 1.29 is 5.11 Å². The van der Waals surface area contributed by atoms with E-state index >= 15 is 0 Å². The molecule has 0 unspecified atom stereocenters. The van der Waals surface area contributed by atoms with Crippen molar-refractivity contribution in [2.45, 2.75) is 5.60 Å². The minimum atomic E-state index is -1.16. The summed E-state index contributed by atoms with van der Waals surface area (Å²) in [5, 5.41) is 10.3. The van der Waals surface area contributed by atoms with Crippen LogP contribution in [0.25, 0.3) is 0 Å².